The Hall–Kier alpha value is -2.64. The molecule has 7 nitrogen and oxygen atoms in total. The largest absolute Gasteiger partial charge is 0.433 e. The third-order valence-corrected chi connectivity index (χ3v) is 7.29. The smallest absolute Gasteiger partial charge is 0.324 e. The number of aromatic nitrogens is 5. The maximum absolute atomic E-state index is 13.3. The second-order valence-electron chi connectivity index (χ2n) is 7.52. The van der Waals surface area contributed by atoms with Crippen LogP contribution in [0.3, 0.4) is 0 Å². The monoisotopic (exact) mass is 481 g/mol. The van der Waals surface area contributed by atoms with Gasteiger partial charge in [-0.15, -0.1) is 0 Å². The molecule has 0 aromatic carbocycles. The Morgan fingerprint density at radius 1 is 1.16 bits per heavy atom. The molecule has 3 aromatic heterocycles. The summed E-state index contributed by atoms with van der Waals surface area (Å²) < 4.78 is 107. The Morgan fingerprint density at radius 2 is 1.84 bits per heavy atom. The van der Waals surface area contributed by atoms with Crippen LogP contribution in [-0.4, -0.2) is 44.4 Å². The van der Waals surface area contributed by atoms with Crippen LogP contribution in [0, 0.1) is 5.92 Å². The summed E-state index contributed by atoms with van der Waals surface area (Å²) in [6, 6.07) is 0.725. The van der Waals surface area contributed by atoms with Crippen LogP contribution in [0.2, 0.25) is 0 Å². The number of hydrogen-bond acceptors (Lipinski definition) is 5. The van der Waals surface area contributed by atoms with E-state index in [0.29, 0.717) is 0 Å². The molecule has 1 unspecified atom stereocenters. The van der Waals surface area contributed by atoms with E-state index in [-0.39, 0.29) is 41.2 Å². The molecular formula is C18H17F6N5O2S. The molecule has 0 radical (unpaired) electrons. The molecule has 174 valence electrons. The summed E-state index contributed by atoms with van der Waals surface area (Å²) >= 11 is 0. The van der Waals surface area contributed by atoms with Gasteiger partial charge in [-0.25, -0.2) is 23.4 Å². The van der Waals surface area contributed by atoms with Gasteiger partial charge in [0.25, 0.3) is 0 Å². The third kappa shape index (κ3) is 3.63. The van der Waals surface area contributed by atoms with E-state index in [1.54, 1.807) is 0 Å². The number of pyridine rings is 1. The van der Waals surface area contributed by atoms with Crippen LogP contribution in [-0.2, 0) is 36.0 Å². The van der Waals surface area contributed by atoms with Crippen molar-refractivity contribution in [2.24, 2.45) is 13.0 Å². The Morgan fingerprint density at radius 3 is 2.44 bits per heavy atom. The number of hydrogen-bond donors (Lipinski definition) is 0. The summed E-state index contributed by atoms with van der Waals surface area (Å²) in [5, 5.41) is -0.411. The quantitative estimate of drug-likeness (QED) is 0.532. The van der Waals surface area contributed by atoms with Gasteiger partial charge in [-0.2, -0.15) is 26.3 Å². The van der Waals surface area contributed by atoms with Crippen molar-refractivity contribution < 1.29 is 34.8 Å². The summed E-state index contributed by atoms with van der Waals surface area (Å²) in [5.74, 6) is -2.04. The second kappa shape index (κ2) is 7.18. The number of halogens is 6. The molecule has 0 bridgehead atoms. The molecule has 0 N–H and O–H groups in total. The maximum atomic E-state index is 13.3. The lowest BCUT2D eigenvalue weighted by Crippen LogP contribution is -2.33. The van der Waals surface area contributed by atoms with Gasteiger partial charge in [0.15, 0.2) is 20.7 Å². The van der Waals surface area contributed by atoms with Crippen LogP contribution in [0.15, 0.2) is 17.3 Å². The normalized spacial score (nSPS) is 17.7. The van der Waals surface area contributed by atoms with Crippen molar-refractivity contribution in [1.29, 1.82) is 0 Å². The first-order valence-corrected chi connectivity index (χ1v) is 11.2. The second-order valence-corrected chi connectivity index (χ2v) is 9.72. The van der Waals surface area contributed by atoms with Gasteiger partial charge in [0.05, 0.1) is 28.9 Å². The highest BCUT2D eigenvalue weighted by Crippen LogP contribution is 2.39. The first-order chi connectivity index (χ1) is 14.7. The van der Waals surface area contributed by atoms with Crippen molar-refractivity contribution in [3.05, 3.63) is 23.8 Å². The number of sulfone groups is 1. The Kier molecular flexibility index (Phi) is 5.06. The van der Waals surface area contributed by atoms with Gasteiger partial charge >= 0.3 is 12.4 Å². The Labute approximate surface area is 178 Å². The maximum Gasteiger partial charge on any atom is 0.433 e. The number of imidazole rings is 2. The minimum atomic E-state index is -4.71. The zero-order valence-corrected chi connectivity index (χ0v) is 17.6. The van der Waals surface area contributed by atoms with Crippen LogP contribution >= 0.6 is 0 Å². The molecule has 0 saturated carbocycles. The topological polar surface area (TPSA) is 82.7 Å². The predicted molar refractivity (Wildman–Crippen MR) is 100 cm³/mol. The fourth-order valence-electron chi connectivity index (χ4n) is 3.80. The summed E-state index contributed by atoms with van der Waals surface area (Å²) in [6.07, 6.45) is -8.60. The SMILES string of the molecule is CCS(=O)(=O)c1c(-c2nc3cc(C(F)(F)F)ncc3n2C)nc2n1CC(C(F)(F)F)CC2. The van der Waals surface area contributed by atoms with E-state index < -0.39 is 51.1 Å². The zero-order valence-electron chi connectivity index (χ0n) is 16.8. The summed E-state index contributed by atoms with van der Waals surface area (Å²) in [6.45, 7) is 0.738. The Bertz CT molecular complexity index is 1310. The van der Waals surface area contributed by atoms with Crippen LogP contribution in [0.25, 0.3) is 22.6 Å². The summed E-state index contributed by atoms with van der Waals surface area (Å²) in [5.41, 5.74) is -1.26. The Balaban J connectivity index is 1.94. The van der Waals surface area contributed by atoms with Crippen molar-refractivity contribution in [3.8, 4) is 11.5 Å². The fourth-order valence-corrected chi connectivity index (χ4v) is 5.02. The van der Waals surface area contributed by atoms with E-state index in [4.69, 9.17) is 0 Å². The van der Waals surface area contributed by atoms with Crippen molar-refractivity contribution in [2.75, 3.05) is 5.75 Å². The van der Waals surface area contributed by atoms with Crippen molar-refractivity contribution in [3.63, 3.8) is 0 Å². The molecule has 4 rings (SSSR count). The molecule has 4 heterocycles. The molecule has 0 fully saturated rings. The van der Waals surface area contributed by atoms with Gasteiger partial charge in [-0.1, -0.05) is 6.92 Å². The number of rotatable bonds is 3. The van der Waals surface area contributed by atoms with Crippen LogP contribution < -0.4 is 0 Å². The molecule has 1 aliphatic heterocycles. The van der Waals surface area contributed by atoms with E-state index in [1.165, 1.54) is 18.5 Å². The zero-order chi connectivity index (χ0) is 23.6. The fraction of sp³-hybridized carbons (Fsp3) is 0.500. The average Bonchev–Trinajstić information content (AvgIpc) is 3.24. The van der Waals surface area contributed by atoms with Crippen LogP contribution in [0.5, 0.6) is 0 Å². The number of nitrogens with zero attached hydrogens (tertiary/aromatic N) is 5. The van der Waals surface area contributed by atoms with Crippen molar-refractivity contribution in [2.45, 2.75) is 43.7 Å². The van der Waals surface area contributed by atoms with Gasteiger partial charge in [-0.3, -0.25) is 0 Å². The van der Waals surface area contributed by atoms with Crippen molar-refractivity contribution >= 4 is 20.9 Å². The van der Waals surface area contributed by atoms with Gasteiger partial charge in [-0.05, 0) is 12.5 Å². The van der Waals surface area contributed by atoms with Gasteiger partial charge in [0, 0.05) is 20.0 Å². The van der Waals surface area contributed by atoms with Gasteiger partial charge < -0.3 is 9.13 Å². The standard InChI is InChI=1S/C18H17F6N5O2S/c1-3-32(30,31)16-14(27-13-5-4-9(8-29(13)16)17(19,20)21)15-26-10-6-12(18(22,23)24)25-7-11(10)28(15)2/h6-7,9H,3-5,8H2,1-2H3. The molecule has 0 spiro atoms. The third-order valence-electron chi connectivity index (χ3n) is 5.53. The molecular weight excluding hydrogens is 464 g/mol. The molecule has 32 heavy (non-hydrogen) atoms. The number of fused-ring (bicyclic) bond motifs is 2. The van der Waals surface area contributed by atoms with E-state index in [1.807, 2.05) is 0 Å². The van der Waals surface area contributed by atoms with E-state index in [0.717, 1.165) is 16.8 Å². The molecule has 1 atom stereocenters. The van der Waals surface area contributed by atoms with Crippen molar-refractivity contribution in [1.82, 2.24) is 24.1 Å². The van der Waals surface area contributed by atoms with E-state index >= 15 is 0 Å². The van der Waals surface area contributed by atoms with E-state index in [9.17, 15) is 34.8 Å². The lowest BCUT2D eigenvalue weighted by molar-refractivity contribution is -0.182. The van der Waals surface area contributed by atoms with Gasteiger partial charge in [0.2, 0.25) is 0 Å². The number of alkyl halides is 6. The van der Waals surface area contributed by atoms with Crippen LogP contribution in [0.4, 0.5) is 26.3 Å². The molecule has 14 heteroatoms. The molecule has 3 aromatic rings. The lowest BCUT2D eigenvalue weighted by Gasteiger charge is -2.26. The average molecular weight is 481 g/mol. The summed E-state index contributed by atoms with van der Waals surface area (Å²) in [4.78, 5) is 11.8. The minimum Gasteiger partial charge on any atom is -0.324 e. The number of aryl methyl sites for hydroxylation is 2. The molecule has 0 aliphatic carbocycles. The van der Waals surface area contributed by atoms with Crippen LogP contribution in [0.1, 0.15) is 24.9 Å². The van der Waals surface area contributed by atoms with E-state index in [2.05, 4.69) is 15.0 Å². The highest BCUT2D eigenvalue weighted by atomic mass is 32.2. The first-order valence-electron chi connectivity index (χ1n) is 9.53. The first kappa shape index (κ1) is 22.6. The molecule has 0 amide bonds. The molecule has 0 saturated heterocycles. The minimum absolute atomic E-state index is 0.0707. The van der Waals surface area contributed by atoms with Gasteiger partial charge in [0.1, 0.15) is 17.2 Å². The highest BCUT2D eigenvalue weighted by Gasteiger charge is 2.44. The summed E-state index contributed by atoms with van der Waals surface area (Å²) in [7, 11) is -2.60. The highest BCUT2D eigenvalue weighted by molar-refractivity contribution is 7.91. The lowest BCUT2D eigenvalue weighted by atomic mass is 9.99. The predicted octanol–water partition coefficient (Wildman–Crippen LogP) is 3.77. The molecule has 1 aliphatic rings.